The number of hydrogen-bond donors (Lipinski definition) is 2. The molecule has 0 aromatic rings. The number of nitrogens with two attached hydrogens (primary N) is 1. The molecule has 0 radical (unpaired) electrons. The molecule has 5 nitrogen and oxygen atoms in total. The summed E-state index contributed by atoms with van der Waals surface area (Å²) in [4.78, 5) is 26.0. The summed E-state index contributed by atoms with van der Waals surface area (Å²) in [6, 6.07) is -0.732. The van der Waals surface area contributed by atoms with Crippen LogP contribution in [0.1, 0.15) is 40.5 Å². The molecule has 2 atom stereocenters. The third-order valence-electron chi connectivity index (χ3n) is 4.32. The number of carbonyl (C=O) groups excluding carboxylic acids is 1. The van der Waals surface area contributed by atoms with Gasteiger partial charge in [0.2, 0.25) is 5.91 Å². The number of aliphatic carboxylic acids is 1. The molecule has 1 heterocycles. The summed E-state index contributed by atoms with van der Waals surface area (Å²) < 4.78 is 0. The summed E-state index contributed by atoms with van der Waals surface area (Å²) in [6.45, 7) is 8.18. The summed E-state index contributed by atoms with van der Waals surface area (Å²) in [5.41, 5.74) is 5.21. The minimum Gasteiger partial charge on any atom is -0.480 e. The molecular formula is C14H26N2O3S. The van der Waals surface area contributed by atoms with Gasteiger partial charge in [0.25, 0.3) is 0 Å². The lowest BCUT2D eigenvalue weighted by molar-refractivity contribution is -0.155. The molecular weight excluding hydrogens is 276 g/mol. The molecule has 1 saturated heterocycles. The van der Waals surface area contributed by atoms with Gasteiger partial charge in [0.15, 0.2) is 0 Å². The molecule has 116 valence electrons. The SMILES string of the molecule is CCC(CC)(CN)C(=O)N1C(C(=O)O)CSC1C(C)C. The number of thioether (sulfide) groups is 1. The molecule has 1 fully saturated rings. The molecule has 2 unspecified atom stereocenters. The molecule has 0 bridgehead atoms. The van der Waals surface area contributed by atoms with Crippen LogP contribution in [0, 0.1) is 11.3 Å². The van der Waals surface area contributed by atoms with Gasteiger partial charge in [0.05, 0.1) is 10.8 Å². The van der Waals surface area contributed by atoms with Crippen LogP contribution < -0.4 is 5.73 Å². The number of nitrogens with zero attached hydrogens (tertiary/aromatic N) is 1. The van der Waals surface area contributed by atoms with E-state index in [0.29, 0.717) is 18.6 Å². The Balaban J connectivity index is 3.14. The average Bonchev–Trinajstić information content (AvgIpc) is 2.86. The molecule has 0 saturated carbocycles. The van der Waals surface area contributed by atoms with Gasteiger partial charge in [-0.1, -0.05) is 27.7 Å². The van der Waals surface area contributed by atoms with Gasteiger partial charge >= 0.3 is 5.97 Å². The number of carbonyl (C=O) groups is 2. The van der Waals surface area contributed by atoms with Crippen LogP contribution in [-0.4, -0.2) is 45.6 Å². The van der Waals surface area contributed by atoms with Crippen molar-refractivity contribution in [3.05, 3.63) is 0 Å². The molecule has 20 heavy (non-hydrogen) atoms. The number of carboxylic acid groups (broad SMARTS) is 1. The van der Waals surface area contributed by atoms with E-state index < -0.39 is 17.4 Å². The van der Waals surface area contributed by atoms with Crippen LogP contribution >= 0.6 is 11.8 Å². The Labute approximate surface area is 125 Å². The zero-order valence-corrected chi connectivity index (χ0v) is 13.6. The van der Waals surface area contributed by atoms with Gasteiger partial charge in [0.1, 0.15) is 6.04 Å². The maximum atomic E-state index is 13.0. The average molecular weight is 302 g/mol. The van der Waals surface area contributed by atoms with E-state index in [-0.39, 0.29) is 23.7 Å². The highest BCUT2D eigenvalue weighted by atomic mass is 32.2. The van der Waals surface area contributed by atoms with Gasteiger partial charge in [0, 0.05) is 12.3 Å². The van der Waals surface area contributed by atoms with Gasteiger partial charge in [-0.3, -0.25) is 4.79 Å². The normalized spacial score (nSPS) is 23.4. The molecule has 0 aliphatic carbocycles. The first-order chi connectivity index (χ1) is 9.34. The molecule has 0 spiro atoms. The Morgan fingerprint density at radius 1 is 1.40 bits per heavy atom. The van der Waals surface area contributed by atoms with E-state index >= 15 is 0 Å². The summed E-state index contributed by atoms with van der Waals surface area (Å²) in [5, 5.41) is 9.30. The minimum absolute atomic E-state index is 0.0763. The van der Waals surface area contributed by atoms with Gasteiger partial charge in [-0.05, 0) is 18.8 Å². The maximum absolute atomic E-state index is 13.0. The molecule has 1 amide bonds. The highest BCUT2D eigenvalue weighted by Gasteiger charge is 2.48. The lowest BCUT2D eigenvalue weighted by Gasteiger charge is -2.38. The van der Waals surface area contributed by atoms with Crippen LogP contribution in [0.25, 0.3) is 0 Å². The van der Waals surface area contributed by atoms with E-state index in [1.54, 1.807) is 16.7 Å². The van der Waals surface area contributed by atoms with Gasteiger partial charge < -0.3 is 15.7 Å². The number of carboxylic acids is 1. The van der Waals surface area contributed by atoms with Gasteiger partial charge in [-0.25, -0.2) is 4.79 Å². The minimum atomic E-state index is -0.924. The first-order valence-corrected chi connectivity index (χ1v) is 8.26. The van der Waals surface area contributed by atoms with Crippen LogP contribution in [0.15, 0.2) is 0 Å². The molecule has 0 aromatic carbocycles. The predicted octanol–water partition coefficient (Wildman–Crippen LogP) is 1.76. The Hall–Kier alpha value is -0.750. The van der Waals surface area contributed by atoms with Crippen LogP contribution in [-0.2, 0) is 9.59 Å². The van der Waals surface area contributed by atoms with Crippen molar-refractivity contribution in [2.24, 2.45) is 17.1 Å². The lowest BCUT2D eigenvalue weighted by Crippen LogP contribution is -2.55. The third kappa shape index (κ3) is 2.96. The second-order valence-electron chi connectivity index (χ2n) is 5.73. The van der Waals surface area contributed by atoms with E-state index in [4.69, 9.17) is 5.73 Å². The standard InChI is InChI=1S/C14H26N2O3S/c1-5-14(6-2,8-15)13(19)16-10(12(17)18)7-20-11(16)9(3)4/h9-11H,5-8,15H2,1-4H3,(H,17,18). The van der Waals surface area contributed by atoms with Crippen molar-refractivity contribution in [2.75, 3.05) is 12.3 Å². The van der Waals surface area contributed by atoms with Crippen molar-refractivity contribution in [3.63, 3.8) is 0 Å². The van der Waals surface area contributed by atoms with Gasteiger partial charge in [-0.2, -0.15) is 0 Å². The quantitative estimate of drug-likeness (QED) is 0.781. The largest absolute Gasteiger partial charge is 0.480 e. The van der Waals surface area contributed by atoms with E-state index in [0.717, 1.165) is 0 Å². The smallest absolute Gasteiger partial charge is 0.327 e. The molecule has 1 aliphatic heterocycles. The third-order valence-corrected chi connectivity index (χ3v) is 5.94. The Morgan fingerprint density at radius 2 is 1.95 bits per heavy atom. The van der Waals surface area contributed by atoms with Crippen molar-refractivity contribution in [3.8, 4) is 0 Å². The highest BCUT2D eigenvalue weighted by Crippen LogP contribution is 2.39. The zero-order chi connectivity index (χ0) is 15.5. The first-order valence-electron chi connectivity index (χ1n) is 7.21. The van der Waals surface area contributed by atoms with Crippen molar-refractivity contribution >= 4 is 23.6 Å². The zero-order valence-electron chi connectivity index (χ0n) is 12.8. The molecule has 3 N–H and O–H groups in total. The van der Waals surface area contributed by atoms with Crippen molar-refractivity contribution < 1.29 is 14.7 Å². The van der Waals surface area contributed by atoms with Gasteiger partial charge in [-0.15, -0.1) is 11.8 Å². The second kappa shape index (κ2) is 6.80. The fraction of sp³-hybridized carbons (Fsp3) is 0.857. The fourth-order valence-electron chi connectivity index (χ4n) is 2.69. The van der Waals surface area contributed by atoms with Crippen LogP contribution in [0.5, 0.6) is 0 Å². The summed E-state index contributed by atoms with van der Waals surface area (Å²) in [5.74, 6) is -0.344. The number of hydrogen-bond acceptors (Lipinski definition) is 4. The molecule has 0 aromatic heterocycles. The predicted molar refractivity (Wildman–Crippen MR) is 81.4 cm³/mol. The topological polar surface area (TPSA) is 83.6 Å². The Kier molecular flexibility index (Phi) is 5.89. The first kappa shape index (κ1) is 17.3. The fourth-order valence-corrected chi connectivity index (χ4v) is 4.16. The molecule has 6 heteroatoms. The second-order valence-corrected chi connectivity index (χ2v) is 6.88. The maximum Gasteiger partial charge on any atom is 0.327 e. The lowest BCUT2D eigenvalue weighted by atomic mass is 9.80. The number of amides is 1. The van der Waals surface area contributed by atoms with E-state index in [2.05, 4.69) is 0 Å². The Bertz CT molecular complexity index is 361. The van der Waals surface area contributed by atoms with E-state index in [1.807, 2.05) is 27.7 Å². The van der Waals surface area contributed by atoms with Crippen LogP contribution in [0.2, 0.25) is 0 Å². The van der Waals surface area contributed by atoms with E-state index in [9.17, 15) is 14.7 Å². The summed E-state index contributed by atoms with van der Waals surface area (Å²) in [6.07, 6.45) is 1.27. The van der Waals surface area contributed by atoms with Crippen molar-refractivity contribution in [1.29, 1.82) is 0 Å². The molecule has 1 rings (SSSR count). The summed E-state index contributed by atoms with van der Waals surface area (Å²) in [7, 11) is 0. The van der Waals surface area contributed by atoms with Crippen molar-refractivity contribution in [2.45, 2.75) is 52.0 Å². The number of rotatable bonds is 6. The van der Waals surface area contributed by atoms with Crippen LogP contribution in [0.4, 0.5) is 0 Å². The highest BCUT2D eigenvalue weighted by molar-refractivity contribution is 8.00. The molecule has 1 aliphatic rings. The Morgan fingerprint density at radius 3 is 2.30 bits per heavy atom. The monoisotopic (exact) mass is 302 g/mol. The summed E-state index contributed by atoms with van der Waals surface area (Å²) >= 11 is 1.55. The van der Waals surface area contributed by atoms with Crippen LogP contribution in [0.3, 0.4) is 0 Å². The van der Waals surface area contributed by atoms with E-state index in [1.165, 1.54) is 0 Å². The van der Waals surface area contributed by atoms with Crippen molar-refractivity contribution in [1.82, 2.24) is 4.90 Å².